The Labute approximate surface area is 403 Å². The lowest BCUT2D eigenvalue weighted by Gasteiger charge is -2.18. The zero-order chi connectivity index (χ0) is 47.2. The fraction of sp³-hybridized carbons (Fsp3) is 0.814. The Morgan fingerprint density at radius 1 is 0.308 bits per heavy atom. The van der Waals surface area contributed by atoms with Gasteiger partial charge in [0.05, 0.1) is 0 Å². The summed E-state index contributed by atoms with van der Waals surface area (Å²) in [6.45, 7) is 6.58. The first-order valence-electron chi connectivity index (χ1n) is 28.1. The van der Waals surface area contributed by atoms with Crippen molar-refractivity contribution < 1.29 is 28.6 Å². The molecule has 0 aromatic heterocycles. The fourth-order valence-electron chi connectivity index (χ4n) is 8.02. The molecule has 378 valence electrons. The minimum atomic E-state index is -0.784. The van der Waals surface area contributed by atoms with Crippen LogP contribution < -0.4 is 0 Å². The average Bonchev–Trinajstić information content (AvgIpc) is 3.30. The molecule has 0 aromatic rings. The number of ether oxygens (including phenoxy) is 3. The van der Waals surface area contributed by atoms with Crippen molar-refractivity contribution in [2.75, 3.05) is 13.2 Å². The number of hydrogen-bond acceptors (Lipinski definition) is 6. The van der Waals surface area contributed by atoms with E-state index in [1.165, 1.54) is 154 Å². The van der Waals surface area contributed by atoms with Crippen LogP contribution >= 0.6 is 0 Å². The normalized spacial score (nSPS) is 12.4. The van der Waals surface area contributed by atoms with E-state index in [1.807, 2.05) is 0 Å². The number of esters is 3. The van der Waals surface area contributed by atoms with Crippen LogP contribution in [0.3, 0.4) is 0 Å². The molecule has 6 nitrogen and oxygen atoms in total. The van der Waals surface area contributed by atoms with E-state index in [1.54, 1.807) is 0 Å². The minimum absolute atomic E-state index is 0.0811. The highest BCUT2D eigenvalue weighted by Crippen LogP contribution is 2.16. The van der Waals surface area contributed by atoms with Gasteiger partial charge in [-0.3, -0.25) is 14.4 Å². The monoisotopic (exact) mass is 911 g/mol. The van der Waals surface area contributed by atoms with Gasteiger partial charge < -0.3 is 14.2 Å². The molecule has 0 saturated carbocycles. The van der Waals surface area contributed by atoms with Gasteiger partial charge in [-0.1, -0.05) is 243 Å². The van der Waals surface area contributed by atoms with E-state index in [4.69, 9.17) is 14.2 Å². The highest BCUT2D eigenvalue weighted by Gasteiger charge is 2.19. The molecule has 0 bridgehead atoms. The molecule has 0 radical (unpaired) electrons. The third-order valence-corrected chi connectivity index (χ3v) is 12.3. The first kappa shape index (κ1) is 62.4. The molecule has 0 rings (SSSR count). The van der Waals surface area contributed by atoms with Gasteiger partial charge in [-0.2, -0.15) is 0 Å². The lowest BCUT2D eigenvalue weighted by molar-refractivity contribution is -0.167. The van der Waals surface area contributed by atoms with E-state index in [9.17, 15) is 14.4 Å². The van der Waals surface area contributed by atoms with Gasteiger partial charge >= 0.3 is 17.9 Å². The molecular formula is C59H106O6. The smallest absolute Gasteiger partial charge is 0.306 e. The molecule has 0 amide bonds. The van der Waals surface area contributed by atoms with Crippen LogP contribution in [-0.2, 0) is 28.6 Å². The predicted octanol–water partition coefficient (Wildman–Crippen LogP) is 18.7. The summed E-state index contributed by atoms with van der Waals surface area (Å²) in [5.41, 5.74) is 0. The molecule has 0 fully saturated rings. The van der Waals surface area contributed by atoms with Gasteiger partial charge in [0, 0.05) is 19.3 Å². The van der Waals surface area contributed by atoms with Crippen LogP contribution in [0.4, 0.5) is 0 Å². The zero-order valence-corrected chi connectivity index (χ0v) is 43.3. The SMILES string of the molecule is CCCC/C=C\CCCCCCCC(=O)O[C@H](COC(=O)CCCCCC/C=C\C/C=C\C/C=C\CCCCC)COC(=O)CCCCCCCCCCCCCCCCCCCCC. The summed E-state index contributed by atoms with van der Waals surface area (Å²) in [6, 6.07) is 0. The number of allylic oxidation sites excluding steroid dienone is 8. The molecule has 0 aliphatic heterocycles. The molecule has 0 unspecified atom stereocenters. The maximum atomic E-state index is 12.8. The van der Waals surface area contributed by atoms with Crippen molar-refractivity contribution >= 4 is 17.9 Å². The topological polar surface area (TPSA) is 78.9 Å². The summed E-state index contributed by atoms with van der Waals surface area (Å²) >= 11 is 0. The van der Waals surface area contributed by atoms with E-state index < -0.39 is 6.10 Å². The standard InChI is InChI=1S/C59H106O6/c1-4-7-10-13-16-19-22-24-26-28-29-31-33-35-38-40-43-46-49-52-58(61)64-55-56(65-59(62)53-50-47-44-41-36-21-18-15-12-9-6-3)54-63-57(60)51-48-45-42-39-37-34-32-30-27-25-23-20-17-14-11-8-5-2/h15,17-18,20,25,27,32,34,56H,4-14,16,19,21-24,26,28-31,33,35-55H2,1-3H3/b18-15-,20-17-,27-25-,34-32-/t56-/m1/s1. The van der Waals surface area contributed by atoms with Crippen molar-refractivity contribution in [2.45, 2.75) is 297 Å². The van der Waals surface area contributed by atoms with Crippen molar-refractivity contribution in [3.8, 4) is 0 Å². The fourth-order valence-corrected chi connectivity index (χ4v) is 8.02. The first-order chi connectivity index (χ1) is 32.0. The highest BCUT2D eigenvalue weighted by atomic mass is 16.6. The van der Waals surface area contributed by atoms with Gasteiger partial charge in [0.25, 0.3) is 0 Å². The van der Waals surface area contributed by atoms with E-state index in [0.717, 1.165) is 96.3 Å². The van der Waals surface area contributed by atoms with Crippen LogP contribution in [0.15, 0.2) is 48.6 Å². The zero-order valence-electron chi connectivity index (χ0n) is 43.3. The van der Waals surface area contributed by atoms with E-state index in [0.29, 0.717) is 19.3 Å². The summed E-state index contributed by atoms with van der Waals surface area (Å²) in [4.78, 5) is 38.0. The van der Waals surface area contributed by atoms with Crippen LogP contribution in [0.5, 0.6) is 0 Å². The van der Waals surface area contributed by atoms with Crippen molar-refractivity contribution in [2.24, 2.45) is 0 Å². The molecule has 1 atom stereocenters. The summed E-state index contributed by atoms with van der Waals surface area (Å²) in [5.74, 6) is -0.902. The summed E-state index contributed by atoms with van der Waals surface area (Å²) in [5, 5.41) is 0. The summed E-state index contributed by atoms with van der Waals surface area (Å²) in [7, 11) is 0. The molecule has 0 N–H and O–H groups in total. The van der Waals surface area contributed by atoms with E-state index >= 15 is 0 Å². The highest BCUT2D eigenvalue weighted by molar-refractivity contribution is 5.71. The van der Waals surface area contributed by atoms with Gasteiger partial charge in [-0.25, -0.2) is 0 Å². The molecule has 0 heterocycles. The van der Waals surface area contributed by atoms with Crippen molar-refractivity contribution in [1.82, 2.24) is 0 Å². The third kappa shape index (κ3) is 52.2. The molecule has 0 saturated heterocycles. The van der Waals surface area contributed by atoms with Gasteiger partial charge in [-0.15, -0.1) is 0 Å². The number of carbonyl (C=O) groups is 3. The molecular weight excluding hydrogens is 805 g/mol. The average molecular weight is 911 g/mol. The molecule has 65 heavy (non-hydrogen) atoms. The van der Waals surface area contributed by atoms with Crippen LogP contribution in [-0.4, -0.2) is 37.2 Å². The van der Waals surface area contributed by atoms with Crippen molar-refractivity contribution in [1.29, 1.82) is 0 Å². The Kier molecular flexibility index (Phi) is 51.8. The Morgan fingerprint density at radius 3 is 0.954 bits per heavy atom. The van der Waals surface area contributed by atoms with Gasteiger partial charge in [0.2, 0.25) is 0 Å². The largest absolute Gasteiger partial charge is 0.462 e. The van der Waals surface area contributed by atoms with Crippen LogP contribution in [0.1, 0.15) is 290 Å². The second-order valence-electron chi connectivity index (χ2n) is 18.8. The number of carbonyl (C=O) groups excluding carboxylic acids is 3. The minimum Gasteiger partial charge on any atom is -0.462 e. The number of hydrogen-bond donors (Lipinski definition) is 0. The van der Waals surface area contributed by atoms with Crippen LogP contribution in [0.25, 0.3) is 0 Å². The molecule has 6 heteroatoms. The second kappa shape index (κ2) is 54.0. The third-order valence-electron chi connectivity index (χ3n) is 12.3. The maximum Gasteiger partial charge on any atom is 0.306 e. The molecule has 0 aliphatic rings. The van der Waals surface area contributed by atoms with Gasteiger partial charge in [0.15, 0.2) is 6.10 Å². The lowest BCUT2D eigenvalue weighted by Crippen LogP contribution is -2.30. The lowest BCUT2D eigenvalue weighted by atomic mass is 10.0. The Morgan fingerprint density at radius 2 is 0.569 bits per heavy atom. The van der Waals surface area contributed by atoms with E-state index in [2.05, 4.69) is 69.4 Å². The van der Waals surface area contributed by atoms with Gasteiger partial charge in [-0.05, 0) is 77.0 Å². The Hall–Kier alpha value is -2.63. The number of unbranched alkanes of at least 4 members (excludes halogenated alkanes) is 32. The molecule has 0 aromatic carbocycles. The second-order valence-corrected chi connectivity index (χ2v) is 18.8. The number of rotatable bonds is 51. The molecule has 0 aliphatic carbocycles. The Bertz CT molecular complexity index is 1140. The maximum absolute atomic E-state index is 12.8. The summed E-state index contributed by atoms with van der Waals surface area (Å²) in [6.07, 6.45) is 65.3. The predicted molar refractivity (Wildman–Crippen MR) is 279 cm³/mol. The molecule has 0 spiro atoms. The van der Waals surface area contributed by atoms with Crippen molar-refractivity contribution in [3.63, 3.8) is 0 Å². The van der Waals surface area contributed by atoms with Gasteiger partial charge in [0.1, 0.15) is 13.2 Å². The van der Waals surface area contributed by atoms with Crippen molar-refractivity contribution in [3.05, 3.63) is 48.6 Å². The Balaban J connectivity index is 4.32. The van der Waals surface area contributed by atoms with Crippen LogP contribution in [0, 0.1) is 0 Å². The van der Waals surface area contributed by atoms with Crippen LogP contribution in [0.2, 0.25) is 0 Å². The quantitative estimate of drug-likeness (QED) is 0.0262. The first-order valence-corrected chi connectivity index (χ1v) is 28.1. The summed E-state index contributed by atoms with van der Waals surface area (Å²) < 4.78 is 16.8. The van der Waals surface area contributed by atoms with E-state index in [-0.39, 0.29) is 31.1 Å².